The van der Waals surface area contributed by atoms with Crippen LogP contribution in [0, 0.1) is 0 Å². The van der Waals surface area contributed by atoms with Gasteiger partial charge in [0.1, 0.15) is 6.61 Å². The number of carbonyl (C=O) groups excluding carboxylic acids is 1. The van der Waals surface area contributed by atoms with Crippen molar-refractivity contribution < 1.29 is 19.0 Å². The Labute approximate surface area is 264 Å². The lowest BCUT2D eigenvalue weighted by atomic mass is 9.95. The predicted octanol–water partition coefficient (Wildman–Crippen LogP) is 6.46. The lowest BCUT2D eigenvalue weighted by molar-refractivity contribution is -0.136. The molecule has 0 spiro atoms. The van der Waals surface area contributed by atoms with Gasteiger partial charge in [-0.25, -0.2) is 9.79 Å². The van der Waals surface area contributed by atoms with Crippen LogP contribution < -0.4 is 24.4 Å². The van der Waals surface area contributed by atoms with Crippen molar-refractivity contribution in [1.29, 1.82) is 0 Å². The fraction of sp³-hybridized carbons (Fsp3) is 0.194. The first-order valence-electron chi connectivity index (χ1n) is 12.9. The lowest BCUT2D eigenvalue weighted by Gasteiger charge is -2.25. The van der Waals surface area contributed by atoms with Crippen molar-refractivity contribution >= 4 is 62.5 Å². The molecule has 11 heteroatoms. The van der Waals surface area contributed by atoms with Gasteiger partial charge in [-0.3, -0.25) is 9.36 Å². The van der Waals surface area contributed by atoms with Crippen LogP contribution in [0.25, 0.3) is 6.08 Å². The van der Waals surface area contributed by atoms with Crippen molar-refractivity contribution in [3.8, 4) is 11.5 Å². The molecule has 42 heavy (non-hydrogen) atoms. The molecule has 0 fully saturated rings. The third kappa shape index (κ3) is 5.92. The van der Waals surface area contributed by atoms with E-state index in [0.717, 1.165) is 11.1 Å². The number of allylic oxidation sites excluding steroid dienone is 1. The minimum absolute atomic E-state index is 0.207. The standard InChI is InChI=1S/C31H25BrCl2N2O5S/c1-4-23-27(30(38)40-3)28(17-8-6-5-7-9-17)36-29(37)26(42-31(36)35-23)13-19-12-24(39-2)25(15-21(19)32)41-16-18-10-11-20(33)14-22(18)34/h5-15,28H,4,16H2,1-3H3/b26-13-/t28-/m1/s1. The zero-order chi connectivity index (χ0) is 30.0. The van der Waals surface area contributed by atoms with Crippen molar-refractivity contribution in [2.75, 3.05) is 14.2 Å². The van der Waals surface area contributed by atoms with Crippen LogP contribution in [0.2, 0.25) is 10.0 Å². The van der Waals surface area contributed by atoms with E-state index in [-0.39, 0.29) is 12.2 Å². The molecule has 5 rings (SSSR count). The average Bonchev–Trinajstić information content (AvgIpc) is 3.30. The zero-order valence-electron chi connectivity index (χ0n) is 22.8. The van der Waals surface area contributed by atoms with Crippen LogP contribution in [-0.4, -0.2) is 24.8 Å². The highest BCUT2D eigenvalue weighted by molar-refractivity contribution is 9.10. The second-order valence-electron chi connectivity index (χ2n) is 9.25. The van der Waals surface area contributed by atoms with Crippen LogP contribution in [0.4, 0.5) is 0 Å². The quantitative estimate of drug-likeness (QED) is 0.199. The second kappa shape index (κ2) is 12.9. The molecular formula is C31H25BrCl2N2O5S. The normalized spacial score (nSPS) is 14.8. The molecule has 0 N–H and O–H groups in total. The van der Waals surface area contributed by atoms with Gasteiger partial charge in [-0.2, -0.15) is 0 Å². The third-order valence-electron chi connectivity index (χ3n) is 6.73. The Hall–Kier alpha value is -3.37. The van der Waals surface area contributed by atoms with Gasteiger partial charge in [0.05, 0.1) is 36.1 Å². The van der Waals surface area contributed by atoms with E-state index >= 15 is 0 Å². The van der Waals surface area contributed by atoms with E-state index in [1.807, 2.05) is 37.3 Å². The molecule has 1 aromatic heterocycles. The second-order valence-corrected chi connectivity index (χ2v) is 12.0. The highest BCUT2D eigenvalue weighted by Crippen LogP contribution is 2.35. The molecule has 0 radical (unpaired) electrons. The van der Waals surface area contributed by atoms with E-state index < -0.39 is 12.0 Å². The predicted molar refractivity (Wildman–Crippen MR) is 168 cm³/mol. The summed E-state index contributed by atoms with van der Waals surface area (Å²) in [6, 6.07) is 17.5. The van der Waals surface area contributed by atoms with Gasteiger partial charge in [0, 0.05) is 20.1 Å². The summed E-state index contributed by atoms with van der Waals surface area (Å²) in [7, 11) is 2.88. The Morgan fingerprint density at radius 3 is 2.52 bits per heavy atom. The SMILES string of the molecule is CCC1=C(C(=O)OC)[C@@H](c2ccccc2)n2c(s/c(=C\c3cc(OC)c(OCc4ccc(Cl)cc4Cl)cc3Br)c2=O)=N1. The number of halogens is 3. The van der Waals surface area contributed by atoms with Gasteiger partial charge in [-0.05, 0) is 47.9 Å². The molecule has 216 valence electrons. The molecule has 0 saturated carbocycles. The van der Waals surface area contributed by atoms with Gasteiger partial charge in [-0.15, -0.1) is 0 Å². The maximum Gasteiger partial charge on any atom is 0.338 e. The van der Waals surface area contributed by atoms with Crippen LogP contribution in [0.15, 0.2) is 86.2 Å². The first-order chi connectivity index (χ1) is 20.2. The number of methoxy groups -OCH3 is 2. The van der Waals surface area contributed by atoms with Crippen molar-refractivity contribution in [3.05, 3.63) is 123 Å². The summed E-state index contributed by atoms with van der Waals surface area (Å²) in [5, 5.41) is 1.05. The number of carbonyl (C=O) groups is 1. The number of hydrogen-bond acceptors (Lipinski definition) is 7. The molecule has 3 aromatic carbocycles. The van der Waals surface area contributed by atoms with Gasteiger partial charge in [0.25, 0.3) is 5.56 Å². The van der Waals surface area contributed by atoms with Gasteiger partial charge in [-0.1, -0.05) is 93.8 Å². The van der Waals surface area contributed by atoms with Gasteiger partial charge >= 0.3 is 5.97 Å². The van der Waals surface area contributed by atoms with Crippen LogP contribution in [0.1, 0.15) is 36.1 Å². The lowest BCUT2D eigenvalue weighted by Crippen LogP contribution is -2.40. The van der Waals surface area contributed by atoms with Gasteiger partial charge in [0.2, 0.25) is 0 Å². The molecule has 1 aliphatic rings. The van der Waals surface area contributed by atoms with E-state index in [2.05, 4.69) is 15.9 Å². The number of esters is 1. The third-order valence-corrected chi connectivity index (χ3v) is 8.99. The number of hydrogen-bond donors (Lipinski definition) is 0. The Balaban J connectivity index is 1.58. The average molecular weight is 688 g/mol. The summed E-state index contributed by atoms with van der Waals surface area (Å²) >= 11 is 17.2. The van der Waals surface area contributed by atoms with Crippen LogP contribution in [0.3, 0.4) is 0 Å². The Kier molecular flexibility index (Phi) is 9.22. The number of aromatic nitrogens is 1. The number of thiazole rings is 1. The van der Waals surface area contributed by atoms with E-state index in [9.17, 15) is 9.59 Å². The number of ether oxygens (including phenoxy) is 3. The van der Waals surface area contributed by atoms with Crippen molar-refractivity contribution in [2.24, 2.45) is 4.99 Å². The molecule has 1 atom stereocenters. The van der Waals surface area contributed by atoms with E-state index in [1.54, 1.807) is 48.1 Å². The molecule has 0 aliphatic carbocycles. The van der Waals surface area contributed by atoms with Crippen LogP contribution in [0.5, 0.6) is 11.5 Å². The maximum absolute atomic E-state index is 13.9. The van der Waals surface area contributed by atoms with E-state index in [0.29, 0.717) is 58.6 Å². The molecule has 0 saturated heterocycles. The molecule has 0 bridgehead atoms. The molecule has 1 aliphatic heterocycles. The summed E-state index contributed by atoms with van der Waals surface area (Å²) < 4.78 is 19.4. The summed E-state index contributed by atoms with van der Waals surface area (Å²) in [6.45, 7) is 2.13. The molecular weight excluding hydrogens is 663 g/mol. The highest BCUT2D eigenvalue weighted by Gasteiger charge is 2.33. The fourth-order valence-electron chi connectivity index (χ4n) is 4.68. The first kappa shape index (κ1) is 30.1. The summed E-state index contributed by atoms with van der Waals surface area (Å²) in [5.41, 5.74) is 2.94. The number of benzene rings is 3. The van der Waals surface area contributed by atoms with Crippen molar-refractivity contribution in [1.82, 2.24) is 4.57 Å². The van der Waals surface area contributed by atoms with Gasteiger partial charge in [0.15, 0.2) is 16.3 Å². The minimum atomic E-state index is -0.666. The monoisotopic (exact) mass is 686 g/mol. The Morgan fingerprint density at radius 1 is 1.10 bits per heavy atom. The minimum Gasteiger partial charge on any atom is -0.493 e. The molecule has 4 aromatic rings. The topological polar surface area (TPSA) is 79.1 Å². The van der Waals surface area contributed by atoms with Crippen LogP contribution >= 0.6 is 50.5 Å². The highest BCUT2D eigenvalue weighted by atomic mass is 79.9. The van der Waals surface area contributed by atoms with E-state index in [4.69, 9.17) is 42.4 Å². The Bertz CT molecular complexity index is 1890. The first-order valence-corrected chi connectivity index (χ1v) is 15.2. The summed E-state index contributed by atoms with van der Waals surface area (Å²) in [6.07, 6.45) is 2.27. The smallest absolute Gasteiger partial charge is 0.338 e. The zero-order valence-corrected chi connectivity index (χ0v) is 26.7. The molecule has 0 unspecified atom stereocenters. The largest absolute Gasteiger partial charge is 0.493 e. The Morgan fingerprint density at radius 2 is 1.86 bits per heavy atom. The van der Waals surface area contributed by atoms with Crippen molar-refractivity contribution in [2.45, 2.75) is 26.0 Å². The number of nitrogens with zero attached hydrogens (tertiary/aromatic N) is 2. The fourth-order valence-corrected chi connectivity index (χ4v) is 6.59. The van der Waals surface area contributed by atoms with Crippen LogP contribution in [-0.2, 0) is 16.1 Å². The number of fused-ring (bicyclic) bond motifs is 1. The summed E-state index contributed by atoms with van der Waals surface area (Å²) in [4.78, 5) is 32.1. The number of rotatable bonds is 8. The van der Waals surface area contributed by atoms with E-state index in [1.165, 1.54) is 18.4 Å². The van der Waals surface area contributed by atoms with Gasteiger partial charge < -0.3 is 14.2 Å². The molecule has 2 heterocycles. The maximum atomic E-state index is 13.9. The molecule has 7 nitrogen and oxygen atoms in total. The van der Waals surface area contributed by atoms with Crippen molar-refractivity contribution in [3.63, 3.8) is 0 Å². The summed E-state index contributed by atoms with van der Waals surface area (Å²) in [5.74, 6) is 0.459. The molecule has 0 amide bonds.